The van der Waals surface area contributed by atoms with Gasteiger partial charge < -0.3 is 59.1 Å². The van der Waals surface area contributed by atoms with Crippen LogP contribution in [0.2, 0.25) is 0 Å². The molecule has 1 fully saturated rings. The van der Waals surface area contributed by atoms with Crippen LogP contribution < -0.4 is 48.9 Å². The van der Waals surface area contributed by atoms with Crippen LogP contribution in [0.3, 0.4) is 0 Å². The van der Waals surface area contributed by atoms with Gasteiger partial charge in [0.25, 0.3) is 33.2 Å². The van der Waals surface area contributed by atoms with E-state index in [2.05, 4.69) is 51.5 Å². The lowest BCUT2D eigenvalue weighted by Gasteiger charge is -2.35. The summed E-state index contributed by atoms with van der Waals surface area (Å²) < 4.78 is 152. The molecule has 0 radical (unpaired) electrons. The third-order valence-corrected chi connectivity index (χ3v) is 17.9. The molecule has 1 saturated heterocycles. The summed E-state index contributed by atoms with van der Waals surface area (Å²) in [7, 11) is -14.9. The van der Waals surface area contributed by atoms with Crippen molar-refractivity contribution in [3.05, 3.63) is 204 Å². The molecule has 3 heterocycles. The number of carboxylic acid groups (broad SMARTS) is 2. The van der Waals surface area contributed by atoms with E-state index >= 15 is 0 Å². The van der Waals surface area contributed by atoms with Gasteiger partial charge in [-0.3, -0.25) is 18.7 Å². The van der Waals surface area contributed by atoms with Gasteiger partial charge in [0.2, 0.25) is 23.8 Å². The number of azo groups is 4. The van der Waals surface area contributed by atoms with Gasteiger partial charge in [0.15, 0.2) is 0 Å². The Balaban J connectivity index is 0.00000202. The van der Waals surface area contributed by atoms with Crippen molar-refractivity contribution in [2.24, 2.45) is 40.9 Å². The van der Waals surface area contributed by atoms with Gasteiger partial charge in [-0.1, -0.05) is 50.2 Å². The van der Waals surface area contributed by atoms with Gasteiger partial charge in [0.1, 0.15) is 46.1 Å². The second-order valence-corrected chi connectivity index (χ2v) is 29.2. The molecule has 0 spiro atoms. The first kappa shape index (κ1) is 91.4. The number of piperazine rings is 1. The van der Waals surface area contributed by atoms with Gasteiger partial charge in [0, 0.05) is 86.5 Å². The van der Waals surface area contributed by atoms with E-state index < -0.39 is 64.9 Å². The maximum Gasteiger partial charge on any atom is 0.425 e. The van der Waals surface area contributed by atoms with Gasteiger partial charge in [-0.2, -0.15) is 82.7 Å². The van der Waals surface area contributed by atoms with E-state index in [0.717, 1.165) is 0 Å². The Hall–Kier alpha value is -14.5. The van der Waals surface area contributed by atoms with Crippen LogP contribution in [0, 0.1) is 0 Å². The van der Waals surface area contributed by atoms with Crippen LogP contribution in [0.25, 0.3) is 0 Å². The minimum Gasteiger partial charge on any atom is -0.493 e. The molecule has 0 amide bonds. The van der Waals surface area contributed by atoms with Crippen LogP contribution in [0.4, 0.5) is 80.7 Å². The highest BCUT2D eigenvalue weighted by Gasteiger charge is 2.26. The zero-order valence-corrected chi connectivity index (χ0v) is 67.6. The van der Waals surface area contributed by atoms with E-state index in [1.54, 1.807) is 121 Å². The number of rotatable bonds is 40. The second kappa shape index (κ2) is 45.5. The molecule has 122 heavy (non-hydrogen) atoms. The number of aromatic nitrogens is 6. The number of nitrogens with zero attached hydrogens (tertiary/aromatic N) is 16. The fourth-order valence-corrected chi connectivity index (χ4v) is 11.9. The van der Waals surface area contributed by atoms with Crippen LogP contribution >= 0.6 is 0 Å². The minimum atomic E-state index is -4.36. The Bertz CT molecular complexity index is 5640. The predicted octanol–water partition coefficient (Wildman–Crippen LogP) is 13.1. The SMILES string of the molecule is CCCOc1cc(N=Nc2cccc(OC=O)c2)ccc1Cc1nc(Cc2ccc(N=Nc3cccc(C(=O)O)c3)cc2OCCCS(=O)(=O)O)nc(N2CCN(c3nc(Nc4ccc(N=Nc5cccc(OC=O)c5)cc4OCCC)nc(Nc4ccc(N=Nc5cccc(C(=O)O)c5)cc4OCCCS(=O)(=O)O)n3)CC2)n1.O=S(=O)=O.O=S(=O)=O. The lowest BCUT2D eigenvalue weighted by atomic mass is 10.1. The van der Waals surface area contributed by atoms with Crippen LogP contribution in [-0.2, 0) is 63.9 Å². The zero-order valence-electron chi connectivity index (χ0n) is 64.4. The molecule has 46 heteroatoms. The van der Waals surface area contributed by atoms with E-state index in [1.807, 2.05) is 29.7 Å². The Morgan fingerprint density at radius 3 is 1.10 bits per heavy atom. The molecule has 0 bridgehead atoms. The number of hydrogen-bond acceptors (Lipinski definition) is 38. The molecule has 0 atom stereocenters. The number of ether oxygens (including phenoxy) is 6. The van der Waals surface area contributed by atoms with E-state index in [4.69, 9.17) is 83.6 Å². The molecular formula is C76H74N18O24S4. The van der Waals surface area contributed by atoms with Crippen molar-refractivity contribution < 1.29 is 109 Å². The van der Waals surface area contributed by atoms with Gasteiger partial charge in [-0.15, -0.1) is 25.3 Å². The standard InChI is InChI=1S/C76H74N18O18S2.2O3S/c1-3-31-107-65-43-57(90-87-55-15-7-17-61(41-55)111-47-95)21-19-49(65)39-69-79-70(40-50-20-22-58(44-66(50)109-33-9-35-113(101,102)103)89-85-53-13-5-11-51(37-53)71(97)98)81-75(80-69)93-27-29-94(30-28-93)76-83-73(77-63-25-23-59(45-67(63)108-32-4-2)92-88-56-16-8-18-62(42-56)112-48-96)82-74(84-76)78-64-26-24-60(46-68(64)110-34-10-36-114(104,105)106)91-86-54-14-6-12-52(38-54)72(99)100;2*1-4(2)3/h5-8,11-26,37-38,41-48H,3-4,9-10,27-36,39-40H2,1-2H3,(H,97,98)(H,99,100)(H,101,102,103)(H,104,105,106)(H2,77,78,82,83,84);;. The number of aromatic carboxylic acids is 2. The number of hydrogen-bond donors (Lipinski definition) is 6. The third-order valence-electron chi connectivity index (χ3n) is 16.3. The molecule has 1 aliphatic heterocycles. The minimum absolute atomic E-state index is 0.000741. The summed E-state index contributed by atoms with van der Waals surface area (Å²) in [4.78, 5) is 79.5. The molecule has 2 aromatic heterocycles. The summed E-state index contributed by atoms with van der Waals surface area (Å²) >= 11 is 0. The van der Waals surface area contributed by atoms with E-state index in [1.165, 1.54) is 42.5 Å². The fraction of sp³-hybridized carbons (Fsp3) is 0.237. The maximum atomic E-state index is 11.8. The highest BCUT2D eigenvalue weighted by atomic mass is 32.2. The molecule has 0 aliphatic carbocycles. The van der Waals surface area contributed by atoms with Crippen molar-refractivity contribution in [3.63, 3.8) is 0 Å². The number of carboxylic acids is 2. The summed E-state index contributed by atoms with van der Waals surface area (Å²) in [5.41, 5.74) is 4.61. The van der Waals surface area contributed by atoms with Crippen molar-refractivity contribution in [1.82, 2.24) is 29.9 Å². The van der Waals surface area contributed by atoms with E-state index in [0.29, 0.717) is 102 Å². The van der Waals surface area contributed by atoms with Gasteiger partial charge >= 0.3 is 33.2 Å². The average Bonchev–Trinajstić information content (AvgIpc) is 0.752. The summed E-state index contributed by atoms with van der Waals surface area (Å²) in [5.74, 6) is -0.659. The Morgan fingerprint density at radius 2 is 0.738 bits per heavy atom. The smallest absolute Gasteiger partial charge is 0.425 e. The summed E-state index contributed by atoms with van der Waals surface area (Å²) in [6, 6.07) is 44.8. The van der Waals surface area contributed by atoms with Crippen molar-refractivity contribution in [3.8, 4) is 34.5 Å². The van der Waals surface area contributed by atoms with Crippen molar-refractivity contribution in [2.75, 3.05) is 84.5 Å². The van der Waals surface area contributed by atoms with E-state index in [-0.39, 0.29) is 152 Å². The molecule has 0 unspecified atom stereocenters. The molecule has 636 valence electrons. The maximum absolute atomic E-state index is 11.8. The van der Waals surface area contributed by atoms with Gasteiger partial charge in [0.05, 0.1) is 106 Å². The second-order valence-electron chi connectivity index (χ2n) is 25.3. The van der Waals surface area contributed by atoms with E-state index in [9.17, 15) is 55.3 Å². The number of benzene rings is 8. The topological polar surface area (TPSA) is 582 Å². The average molecular weight is 1750 g/mol. The van der Waals surface area contributed by atoms with Crippen molar-refractivity contribution in [1.29, 1.82) is 0 Å². The molecule has 6 N–H and O–H groups in total. The van der Waals surface area contributed by atoms with Crippen LogP contribution in [-0.4, -0.2) is 180 Å². The zero-order chi connectivity index (χ0) is 87.6. The Morgan fingerprint density at radius 1 is 0.418 bits per heavy atom. The molecule has 11 rings (SSSR count). The van der Waals surface area contributed by atoms with Gasteiger partial charge in [-0.05, 0) is 123 Å². The molecule has 42 nitrogen and oxygen atoms in total. The molecule has 0 saturated carbocycles. The highest BCUT2D eigenvalue weighted by molar-refractivity contribution is 7.86. The summed E-state index contributed by atoms with van der Waals surface area (Å²) in [5, 5.41) is 60.5. The lowest BCUT2D eigenvalue weighted by Crippen LogP contribution is -2.48. The quantitative estimate of drug-likeness (QED) is 0.00899. The Labute approximate surface area is 698 Å². The van der Waals surface area contributed by atoms with Crippen LogP contribution in [0.1, 0.15) is 83.0 Å². The lowest BCUT2D eigenvalue weighted by molar-refractivity contribution is -0.121. The normalized spacial score (nSPS) is 12.1. The summed E-state index contributed by atoms with van der Waals surface area (Å²) in [6.07, 6.45) is 1.22. The van der Waals surface area contributed by atoms with Crippen molar-refractivity contribution >= 4 is 147 Å². The predicted molar refractivity (Wildman–Crippen MR) is 436 cm³/mol. The molecule has 10 aromatic rings. The first-order valence-electron chi connectivity index (χ1n) is 36.3. The molecular weight excluding hydrogens is 1680 g/mol. The van der Waals surface area contributed by atoms with Crippen LogP contribution in [0.5, 0.6) is 34.5 Å². The number of anilines is 6. The monoisotopic (exact) mass is 1750 g/mol. The van der Waals surface area contributed by atoms with Crippen LogP contribution in [0.15, 0.2) is 211 Å². The largest absolute Gasteiger partial charge is 0.493 e. The number of nitrogens with one attached hydrogen (secondary N) is 2. The molecule has 8 aromatic carbocycles. The number of carbonyl (C=O) groups is 4. The molecule has 1 aliphatic rings. The summed E-state index contributed by atoms with van der Waals surface area (Å²) in [6.45, 7) is 5.86. The Kier molecular flexibility index (Phi) is 34.1. The first-order valence-corrected chi connectivity index (χ1v) is 41.6. The van der Waals surface area contributed by atoms with Crippen molar-refractivity contribution in [2.45, 2.75) is 52.4 Å². The fourth-order valence-electron chi connectivity index (χ4n) is 10.9. The number of carbonyl (C=O) groups excluding carboxylic acids is 2. The van der Waals surface area contributed by atoms with Gasteiger partial charge in [-0.25, -0.2) is 14.6 Å². The first-order chi connectivity index (χ1) is 58.6. The highest BCUT2D eigenvalue weighted by Crippen LogP contribution is 2.38. The third kappa shape index (κ3) is 30.8.